The zero-order valence-electron chi connectivity index (χ0n) is 5.89. The minimum Gasteiger partial charge on any atom is -1.00 e. The van der Waals surface area contributed by atoms with Gasteiger partial charge in [0.1, 0.15) is 0 Å². The highest BCUT2D eigenvalue weighted by Gasteiger charge is 1.84. The topological polar surface area (TPSA) is 96.7 Å². The molecule has 0 aromatic carbocycles. The molecule has 0 spiro atoms. The standard InChI is InChI=1S/C3H9N.ClHO4.ClH/c1-4(2)3;2-1(3,4)5;/h1-3H3;(H,2,3,4,5);1H/p-1. The predicted molar refractivity (Wildman–Crippen MR) is 18.7 cm³/mol. The summed E-state index contributed by atoms with van der Waals surface area (Å²) in [5, 5.41) is 0. The molecular formula is C3H10Cl2NO4-. The molecule has 0 fully saturated rings. The molecule has 0 radical (unpaired) electrons. The maximum atomic E-state index is 8.49. The van der Waals surface area contributed by atoms with E-state index in [0.29, 0.717) is 0 Å². The van der Waals surface area contributed by atoms with E-state index in [-0.39, 0.29) is 12.4 Å². The van der Waals surface area contributed by atoms with Crippen molar-refractivity contribution in [1.29, 1.82) is 0 Å². The molecular weight excluding hydrogens is 185 g/mol. The van der Waals surface area contributed by atoms with Crippen LogP contribution in [0.15, 0.2) is 0 Å². The molecule has 0 rings (SSSR count). The number of hydrogen-bond donors (Lipinski definition) is 1. The fraction of sp³-hybridized carbons (Fsp3) is 1.00. The van der Waals surface area contributed by atoms with Crippen molar-refractivity contribution in [3.05, 3.63) is 0 Å². The quantitative estimate of drug-likeness (QED) is 0.415. The first kappa shape index (κ1) is 16.8. The van der Waals surface area contributed by atoms with Crippen LogP contribution in [0.5, 0.6) is 0 Å². The van der Waals surface area contributed by atoms with Crippen LogP contribution in [0.25, 0.3) is 0 Å². The Morgan fingerprint density at radius 1 is 0.900 bits per heavy atom. The molecule has 66 valence electrons. The Labute approximate surface area is 68.0 Å². The van der Waals surface area contributed by atoms with Crippen LogP contribution in [0, 0.1) is 10.2 Å². The van der Waals surface area contributed by atoms with Gasteiger partial charge in [-0.05, 0) is 0 Å². The van der Waals surface area contributed by atoms with Gasteiger partial charge < -0.3 is 17.3 Å². The second-order valence-corrected chi connectivity index (χ2v) is 2.63. The van der Waals surface area contributed by atoms with Crippen molar-refractivity contribution in [2.75, 3.05) is 21.1 Å². The van der Waals surface area contributed by atoms with Gasteiger partial charge in [-0.15, -0.1) is 10.2 Å². The third kappa shape index (κ3) is 3160. The van der Waals surface area contributed by atoms with Crippen LogP contribution in [0.2, 0.25) is 0 Å². The first-order valence-corrected chi connectivity index (χ1v) is 3.35. The first-order chi connectivity index (χ1) is 3.73. The Morgan fingerprint density at radius 3 is 0.900 bits per heavy atom. The zero-order chi connectivity index (χ0) is 8.08. The summed E-state index contributed by atoms with van der Waals surface area (Å²) in [5.41, 5.74) is 0. The Morgan fingerprint density at radius 2 is 0.900 bits per heavy atom. The van der Waals surface area contributed by atoms with Crippen LogP contribution in [0.3, 0.4) is 0 Å². The van der Waals surface area contributed by atoms with Gasteiger partial charge in [-0.2, -0.15) is 0 Å². The molecule has 7 heteroatoms. The molecule has 0 aromatic heterocycles. The van der Waals surface area contributed by atoms with Crippen LogP contribution < -0.4 is 35.9 Å². The van der Waals surface area contributed by atoms with Gasteiger partial charge in [0.05, 0.1) is 21.1 Å². The summed E-state index contributed by atoms with van der Waals surface area (Å²) in [7, 11) is 1.31. The monoisotopic (exact) mass is 194 g/mol. The molecule has 0 saturated heterocycles. The van der Waals surface area contributed by atoms with Crippen molar-refractivity contribution < 1.29 is 46.2 Å². The van der Waals surface area contributed by atoms with E-state index >= 15 is 0 Å². The molecule has 0 aliphatic heterocycles. The van der Waals surface area contributed by atoms with E-state index in [0.717, 1.165) is 0 Å². The summed E-state index contributed by atoms with van der Waals surface area (Å²) in [4.78, 5) is 1.42. The summed E-state index contributed by atoms with van der Waals surface area (Å²) in [6.07, 6.45) is 0. The maximum Gasteiger partial charge on any atom is 0.0661 e. The highest BCUT2D eigenvalue weighted by molar-refractivity contribution is 3.59. The zero-order valence-corrected chi connectivity index (χ0v) is 7.40. The smallest absolute Gasteiger partial charge is 0.0661 e. The van der Waals surface area contributed by atoms with Crippen LogP contribution in [-0.4, -0.2) is 21.1 Å². The number of rotatable bonds is 0. The molecule has 0 aliphatic rings. The highest BCUT2D eigenvalue weighted by atomic mass is 35.7. The average molecular weight is 195 g/mol. The average Bonchev–Trinajstić information content (AvgIpc) is 1.19. The fourth-order valence-electron chi connectivity index (χ4n) is 0. The van der Waals surface area contributed by atoms with E-state index in [1.807, 2.05) is 0 Å². The third-order valence-electron chi connectivity index (χ3n) is 0. The lowest BCUT2D eigenvalue weighted by Crippen LogP contribution is -3.02. The van der Waals surface area contributed by atoms with Gasteiger partial charge in [0.15, 0.2) is 0 Å². The van der Waals surface area contributed by atoms with Gasteiger partial charge in [-0.25, -0.2) is 18.6 Å². The lowest BCUT2D eigenvalue weighted by molar-refractivity contribution is -2.00. The summed E-state index contributed by atoms with van der Waals surface area (Å²) in [6, 6.07) is 0. The Hall–Kier alpha value is 0.380. The Balaban J connectivity index is -0.0000000910. The van der Waals surface area contributed by atoms with Crippen LogP contribution >= 0.6 is 0 Å². The van der Waals surface area contributed by atoms with Crippen molar-refractivity contribution in [2.24, 2.45) is 0 Å². The molecule has 0 atom stereocenters. The van der Waals surface area contributed by atoms with Gasteiger partial charge in [0, 0.05) is 0 Å². The maximum absolute atomic E-state index is 8.49. The SMILES string of the molecule is C[NH+](C)C.[Cl-].[O-][Cl+3]([O-])([O-])[O-]. The molecule has 0 bridgehead atoms. The molecule has 5 nitrogen and oxygen atoms in total. The summed E-state index contributed by atoms with van der Waals surface area (Å²) in [6.45, 7) is 0. The lowest BCUT2D eigenvalue weighted by Gasteiger charge is -2.17. The number of quaternary nitrogens is 1. The second-order valence-electron chi connectivity index (χ2n) is 1.88. The molecule has 1 N–H and O–H groups in total. The van der Waals surface area contributed by atoms with E-state index < -0.39 is 10.2 Å². The van der Waals surface area contributed by atoms with Gasteiger partial charge in [-0.1, -0.05) is 0 Å². The Bertz CT molecular complexity index is 55.3. The van der Waals surface area contributed by atoms with Crippen LogP contribution in [0.1, 0.15) is 0 Å². The van der Waals surface area contributed by atoms with Gasteiger partial charge in [0.25, 0.3) is 0 Å². The molecule has 10 heavy (non-hydrogen) atoms. The minimum atomic E-state index is -4.94. The van der Waals surface area contributed by atoms with E-state index in [2.05, 4.69) is 21.1 Å². The second kappa shape index (κ2) is 7.49. The van der Waals surface area contributed by atoms with Gasteiger partial charge in [0.2, 0.25) is 0 Å². The summed E-state index contributed by atoms with van der Waals surface area (Å²) in [5.74, 6) is 0. The number of nitrogens with one attached hydrogen (secondary N) is 1. The van der Waals surface area contributed by atoms with E-state index in [1.165, 1.54) is 4.90 Å². The molecule has 0 heterocycles. The molecule has 0 aromatic rings. The van der Waals surface area contributed by atoms with Crippen molar-refractivity contribution in [3.8, 4) is 0 Å². The van der Waals surface area contributed by atoms with Crippen molar-refractivity contribution in [1.82, 2.24) is 0 Å². The van der Waals surface area contributed by atoms with Crippen LogP contribution in [-0.2, 0) is 0 Å². The predicted octanol–water partition coefficient (Wildman–Crippen LogP) is -8.99. The largest absolute Gasteiger partial charge is 1.00 e. The molecule has 0 amide bonds. The van der Waals surface area contributed by atoms with Crippen molar-refractivity contribution >= 4 is 0 Å². The van der Waals surface area contributed by atoms with E-state index in [4.69, 9.17) is 18.6 Å². The Kier molecular flexibility index (Phi) is 12.6. The van der Waals surface area contributed by atoms with Crippen molar-refractivity contribution in [3.63, 3.8) is 0 Å². The normalized spacial score (nSPS) is 9.60. The van der Waals surface area contributed by atoms with E-state index in [9.17, 15) is 0 Å². The summed E-state index contributed by atoms with van der Waals surface area (Å²) < 4.78 is 34.0. The third-order valence-corrected chi connectivity index (χ3v) is 0. The molecule has 0 unspecified atom stereocenters. The lowest BCUT2D eigenvalue weighted by atomic mass is 11.0. The van der Waals surface area contributed by atoms with Gasteiger partial charge in [-0.3, -0.25) is 0 Å². The van der Waals surface area contributed by atoms with Crippen LogP contribution in [0.4, 0.5) is 0 Å². The first-order valence-electron chi connectivity index (χ1n) is 2.12. The fourth-order valence-corrected chi connectivity index (χ4v) is 0. The molecule has 0 aliphatic carbocycles. The molecule has 0 saturated carbocycles. The number of hydrogen-bond acceptors (Lipinski definition) is 4. The van der Waals surface area contributed by atoms with Crippen molar-refractivity contribution in [2.45, 2.75) is 0 Å². The number of halogens is 2. The summed E-state index contributed by atoms with van der Waals surface area (Å²) >= 11 is 0. The highest BCUT2D eigenvalue weighted by Crippen LogP contribution is 1.49. The minimum absolute atomic E-state index is 0. The van der Waals surface area contributed by atoms with E-state index in [1.54, 1.807) is 0 Å². The van der Waals surface area contributed by atoms with Gasteiger partial charge >= 0.3 is 0 Å².